The number of thioether (sulfide) groups is 1. The Kier molecular flexibility index (Phi) is 3.41. The number of rotatable bonds is 2. The van der Waals surface area contributed by atoms with Crippen LogP contribution in [0.1, 0.15) is 25.0 Å². The van der Waals surface area contributed by atoms with Crippen LogP contribution in [0.15, 0.2) is 18.2 Å². The van der Waals surface area contributed by atoms with Gasteiger partial charge in [-0.2, -0.15) is 11.8 Å². The van der Waals surface area contributed by atoms with Crippen LogP contribution in [0.25, 0.3) is 0 Å². The van der Waals surface area contributed by atoms with Gasteiger partial charge in [0.25, 0.3) is 0 Å². The summed E-state index contributed by atoms with van der Waals surface area (Å²) < 4.78 is 0. The van der Waals surface area contributed by atoms with E-state index in [4.69, 9.17) is 0 Å². The highest BCUT2D eigenvalue weighted by Gasteiger charge is 2.41. The second-order valence-corrected chi connectivity index (χ2v) is 6.38. The van der Waals surface area contributed by atoms with Crippen LogP contribution >= 0.6 is 11.8 Å². The van der Waals surface area contributed by atoms with E-state index >= 15 is 0 Å². The molecule has 0 amide bonds. The number of phenols is 1. The van der Waals surface area contributed by atoms with Gasteiger partial charge in [-0.3, -0.25) is 0 Å². The summed E-state index contributed by atoms with van der Waals surface area (Å²) in [6.45, 7) is 4.52. The molecule has 0 unspecified atom stereocenters. The van der Waals surface area contributed by atoms with Crippen LogP contribution in [0.3, 0.4) is 0 Å². The predicted molar refractivity (Wildman–Crippen MR) is 75.0 cm³/mol. The van der Waals surface area contributed by atoms with E-state index in [1.54, 1.807) is 6.07 Å². The van der Waals surface area contributed by atoms with E-state index in [-0.39, 0.29) is 5.41 Å². The highest BCUT2D eigenvalue weighted by Crippen LogP contribution is 2.41. The zero-order valence-corrected chi connectivity index (χ0v) is 11.8. The van der Waals surface area contributed by atoms with Gasteiger partial charge in [0.05, 0.1) is 0 Å². The minimum atomic E-state index is 0.0503. The molecule has 1 aromatic rings. The summed E-state index contributed by atoms with van der Waals surface area (Å²) in [5.74, 6) is 0.370. The molecule has 1 aromatic carbocycles. The summed E-state index contributed by atoms with van der Waals surface area (Å²) >= 11 is 1.92. The molecular weight excluding hydrogens is 230 g/mol. The van der Waals surface area contributed by atoms with Crippen LogP contribution in [0.4, 0.5) is 0 Å². The van der Waals surface area contributed by atoms with Gasteiger partial charge in [0.1, 0.15) is 5.75 Å². The second-order valence-electron chi connectivity index (χ2n) is 5.31. The Morgan fingerprint density at radius 3 is 2.71 bits per heavy atom. The molecule has 2 N–H and O–H groups in total. The van der Waals surface area contributed by atoms with Crippen molar-refractivity contribution in [3.8, 4) is 5.75 Å². The summed E-state index contributed by atoms with van der Waals surface area (Å²) in [4.78, 5) is 0. The lowest BCUT2D eigenvalue weighted by Gasteiger charge is -2.44. The molecule has 1 aliphatic rings. The molecule has 0 saturated heterocycles. The number of hydrogen-bond acceptors (Lipinski definition) is 3. The number of nitrogens with one attached hydrogen (secondary N) is 1. The van der Waals surface area contributed by atoms with E-state index < -0.39 is 0 Å². The fraction of sp³-hybridized carbons (Fsp3) is 0.571. The van der Waals surface area contributed by atoms with E-state index in [9.17, 15) is 5.11 Å². The molecule has 0 heterocycles. The Balaban J connectivity index is 2.52. The maximum absolute atomic E-state index is 9.68. The van der Waals surface area contributed by atoms with Crippen molar-refractivity contribution in [2.75, 3.05) is 13.3 Å². The van der Waals surface area contributed by atoms with Crippen molar-refractivity contribution >= 4 is 11.8 Å². The van der Waals surface area contributed by atoms with Gasteiger partial charge >= 0.3 is 0 Å². The molecule has 0 aromatic heterocycles. The van der Waals surface area contributed by atoms with Crippen molar-refractivity contribution in [3.05, 3.63) is 29.3 Å². The third kappa shape index (κ3) is 2.06. The lowest BCUT2D eigenvalue weighted by molar-refractivity contribution is 0.326. The lowest BCUT2D eigenvalue weighted by atomic mass is 9.69. The number of hydrogen-bond donors (Lipinski definition) is 2. The van der Waals surface area contributed by atoms with Crippen LogP contribution in [-0.4, -0.2) is 29.7 Å². The van der Waals surface area contributed by atoms with Gasteiger partial charge in [-0.05, 0) is 43.0 Å². The van der Waals surface area contributed by atoms with Gasteiger partial charge in [-0.25, -0.2) is 0 Å². The van der Waals surface area contributed by atoms with Crippen molar-refractivity contribution in [1.29, 1.82) is 0 Å². The number of fused-ring (bicyclic) bond motifs is 1. The third-order valence-electron chi connectivity index (χ3n) is 3.97. The average Bonchev–Trinajstić information content (AvgIpc) is 2.29. The van der Waals surface area contributed by atoms with Crippen molar-refractivity contribution in [2.45, 2.75) is 37.0 Å². The minimum Gasteiger partial charge on any atom is -0.508 e. The Morgan fingerprint density at radius 2 is 2.12 bits per heavy atom. The standard InChI is InChI=1S/C14H21NOS/c1-14(2)11-8-10(16)6-5-9(11)7-12(17-4)13(14)15-3/h5-6,8,12-13,15-16H,7H2,1-4H3/t12-,13+/m0/s1. The molecule has 0 fully saturated rings. The normalized spacial score (nSPS) is 26.6. The van der Waals surface area contributed by atoms with Gasteiger partial charge in [-0.15, -0.1) is 0 Å². The van der Waals surface area contributed by atoms with Crippen LogP contribution < -0.4 is 5.32 Å². The van der Waals surface area contributed by atoms with Gasteiger partial charge in [0.15, 0.2) is 0 Å². The largest absolute Gasteiger partial charge is 0.508 e. The second kappa shape index (κ2) is 4.54. The first-order valence-corrected chi connectivity index (χ1v) is 7.32. The number of phenolic OH excluding ortho intramolecular Hbond substituents is 1. The average molecular weight is 251 g/mol. The quantitative estimate of drug-likeness (QED) is 0.847. The number of likely N-dealkylation sites (N-methyl/N-ethyl adjacent to an activating group) is 1. The Morgan fingerprint density at radius 1 is 1.41 bits per heavy atom. The summed E-state index contributed by atoms with van der Waals surface area (Å²) in [6, 6.07) is 6.23. The fourth-order valence-electron chi connectivity index (χ4n) is 3.08. The summed E-state index contributed by atoms with van der Waals surface area (Å²) in [6.07, 6.45) is 3.25. The van der Waals surface area contributed by atoms with Crippen molar-refractivity contribution in [1.82, 2.24) is 5.32 Å². The van der Waals surface area contributed by atoms with Crippen LogP contribution in [0.5, 0.6) is 5.75 Å². The zero-order valence-electron chi connectivity index (χ0n) is 10.9. The highest BCUT2D eigenvalue weighted by atomic mass is 32.2. The summed E-state index contributed by atoms with van der Waals surface area (Å²) in [5.41, 5.74) is 2.70. The molecule has 3 heteroatoms. The smallest absolute Gasteiger partial charge is 0.115 e. The van der Waals surface area contributed by atoms with E-state index in [0.29, 0.717) is 17.0 Å². The predicted octanol–water partition coefficient (Wildman–Crippen LogP) is 2.55. The Bertz CT molecular complexity index is 417. The van der Waals surface area contributed by atoms with Crippen LogP contribution in [0, 0.1) is 0 Å². The van der Waals surface area contributed by atoms with Gasteiger partial charge < -0.3 is 10.4 Å². The molecule has 2 nitrogen and oxygen atoms in total. The molecule has 0 bridgehead atoms. The lowest BCUT2D eigenvalue weighted by Crippen LogP contribution is -2.53. The fourth-order valence-corrected chi connectivity index (χ4v) is 4.17. The van der Waals surface area contributed by atoms with E-state index in [1.807, 2.05) is 24.9 Å². The summed E-state index contributed by atoms with van der Waals surface area (Å²) in [5, 5.41) is 13.7. The first kappa shape index (κ1) is 12.8. The summed E-state index contributed by atoms with van der Waals surface area (Å²) in [7, 11) is 2.03. The van der Waals surface area contributed by atoms with E-state index in [2.05, 4.69) is 31.5 Å². The molecule has 1 aliphatic carbocycles. The molecule has 0 radical (unpaired) electrons. The molecule has 0 saturated carbocycles. The van der Waals surface area contributed by atoms with Crippen molar-refractivity contribution in [2.24, 2.45) is 0 Å². The maximum Gasteiger partial charge on any atom is 0.115 e. The van der Waals surface area contributed by atoms with Crippen molar-refractivity contribution < 1.29 is 5.11 Å². The van der Waals surface area contributed by atoms with Gasteiger partial charge in [-0.1, -0.05) is 19.9 Å². The molecule has 17 heavy (non-hydrogen) atoms. The number of aromatic hydroxyl groups is 1. The molecule has 2 atom stereocenters. The Labute approximate surface area is 108 Å². The third-order valence-corrected chi connectivity index (χ3v) is 5.02. The molecule has 0 spiro atoms. The van der Waals surface area contributed by atoms with Gasteiger partial charge in [0, 0.05) is 16.7 Å². The van der Waals surface area contributed by atoms with Gasteiger partial charge in [0.2, 0.25) is 0 Å². The molecule has 94 valence electrons. The van der Waals surface area contributed by atoms with Crippen LogP contribution in [0.2, 0.25) is 0 Å². The topological polar surface area (TPSA) is 32.3 Å². The first-order chi connectivity index (χ1) is 8.00. The SMILES string of the molecule is CN[C@@H]1[C@@H](SC)Cc2ccc(O)cc2C1(C)C. The molecule has 0 aliphatic heterocycles. The van der Waals surface area contributed by atoms with Crippen molar-refractivity contribution in [3.63, 3.8) is 0 Å². The highest BCUT2D eigenvalue weighted by molar-refractivity contribution is 7.99. The van der Waals surface area contributed by atoms with E-state index in [0.717, 1.165) is 6.42 Å². The number of benzene rings is 1. The van der Waals surface area contributed by atoms with Crippen LogP contribution in [-0.2, 0) is 11.8 Å². The zero-order chi connectivity index (χ0) is 12.6. The Hall–Kier alpha value is -0.670. The monoisotopic (exact) mass is 251 g/mol. The first-order valence-electron chi connectivity index (χ1n) is 6.03. The minimum absolute atomic E-state index is 0.0503. The maximum atomic E-state index is 9.68. The molecular formula is C14H21NOS. The van der Waals surface area contributed by atoms with E-state index in [1.165, 1.54) is 11.1 Å². The molecule has 2 rings (SSSR count).